The second-order valence-corrected chi connectivity index (χ2v) is 5.12. The molecule has 0 radical (unpaired) electrons. The molecule has 4 heteroatoms. The third-order valence-corrected chi connectivity index (χ3v) is 3.32. The first-order valence-corrected chi connectivity index (χ1v) is 7.18. The van der Waals surface area contributed by atoms with Crippen LogP contribution in [0.3, 0.4) is 0 Å². The van der Waals surface area contributed by atoms with E-state index >= 15 is 0 Å². The summed E-state index contributed by atoms with van der Waals surface area (Å²) < 4.78 is 0. The van der Waals surface area contributed by atoms with Crippen molar-refractivity contribution < 1.29 is 4.92 Å². The van der Waals surface area contributed by atoms with Gasteiger partial charge in [0.15, 0.2) is 0 Å². The lowest BCUT2D eigenvalue weighted by Gasteiger charge is -2.21. The smallest absolute Gasteiger partial charge is 0.269 e. The fourth-order valence-corrected chi connectivity index (χ4v) is 2.40. The first kappa shape index (κ1) is 15.2. The second-order valence-electron chi connectivity index (χ2n) is 5.12. The molecule has 0 aliphatic rings. The van der Waals surface area contributed by atoms with Crippen LogP contribution in [0.2, 0.25) is 0 Å². The largest absolute Gasteiger partial charge is 0.295 e. The van der Waals surface area contributed by atoms with Gasteiger partial charge in [-0.2, -0.15) is 0 Å². The Morgan fingerprint density at radius 1 is 1.00 bits per heavy atom. The van der Waals surface area contributed by atoms with Crippen LogP contribution in [0.25, 0.3) is 0 Å². The first-order valence-electron chi connectivity index (χ1n) is 7.18. The normalized spacial score (nSPS) is 10.8. The van der Waals surface area contributed by atoms with Crippen LogP contribution in [0.4, 0.5) is 5.69 Å². The molecular formula is C17H20N2O2. The minimum Gasteiger partial charge on any atom is -0.295 e. The summed E-state index contributed by atoms with van der Waals surface area (Å²) in [5, 5.41) is 10.8. The van der Waals surface area contributed by atoms with E-state index in [-0.39, 0.29) is 10.6 Å². The Balaban J connectivity index is 2.09. The number of nitrogens with zero attached hydrogens (tertiary/aromatic N) is 2. The van der Waals surface area contributed by atoms with Crippen LogP contribution in [-0.4, -0.2) is 16.4 Å². The first-order chi connectivity index (χ1) is 10.2. The van der Waals surface area contributed by atoms with Gasteiger partial charge in [-0.1, -0.05) is 49.4 Å². The molecule has 0 bridgehead atoms. The molecule has 0 fully saturated rings. The summed E-state index contributed by atoms with van der Waals surface area (Å²) in [6.07, 6.45) is 1.06. The number of rotatable bonds is 7. The minimum atomic E-state index is -0.342. The molecule has 21 heavy (non-hydrogen) atoms. The van der Waals surface area contributed by atoms with Gasteiger partial charge in [0, 0.05) is 25.2 Å². The van der Waals surface area contributed by atoms with E-state index in [2.05, 4.69) is 24.0 Å². The minimum absolute atomic E-state index is 0.156. The SMILES string of the molecule is CCCN(Cc1ccccc1)Cc1cccc([N+](=O)[O-])c1. The zero-order chi connectivity index (χ0) is 15.1. The molecule has 0 saturated carbocycles. The van der Waals surface area contributed by atoms with E-state index in [4.69, 9.17) is 0 Å². The maximum atomic E-state index is 10.8. The van der Waals surface area contributed by atoms with Gasteiger partial charge in [-0.05, 0) is 24.1 Å². The van der Waals surface area contributed by atoms with Gasteiger partial charge in [-0.15, -0.1) is 0 Å². The van der Waals surface area contributed by atoms with Crippen molar-refractivity contribution in [2.45, 2.75) is 26.4 Å². The number of hydrogen-bond donors (Lipinski definition) is 0. The molecule has 0 saturated heterocycles. The molecule has 2 aromatic rings. The van der Waals surface area contributed by atoms with E-state index in [1.165, 1.54) is 11.6 Å². The topological polar surface area (TPSA) is 46.4 Å². The molecule has 0 atom stereocenters. The zero-order valence-corrected chi connectivity index (χ0v) is 12.2. The third kappa shape index (κ3) is 4.68. The van der Waals surface area contributed by atoms with Crippen LogP contribution in [-0.2, 0) is 13.1 Å². The Morgan fingerprint density at radius 3 is 2.33 bits per heavy atom. The highest BCUT2D eigenvalue weighted by atomic mass is 16.6. The van der Waals surface area contributed by atoms with E-state index in [1.807, 2.05) is 24.3 Å². The Hall–Kier alpha value is -2.20. The quantitative estimate of drug-likeness (QED) is 0.570. The average Bonchev–Trinajstić information content (AvgIpc) is 2.49. The van der Waals surface area contributed by atoms with Crippen LogP contribution in [0.1, 0.15) is 24.5 Å². The number of benzene rings is 2. The highest BCUT2D eigenvalue weighted by Crippen LogP contribution is 2.16. The zero-order valence-electron chi connectivity index (χ0n) is 12.2. The van der Waals surface area contributed by atoms with E-state index < -0.39 is 0 Å². The predicted molar refractivity (Wildman–Crippen MR) is 83.9 cm³/mol. The van der Waals surface area contributed by atoms with Crippen LogP contribution < -0.4 is 0 Å². The molecule has 0 aliphatic heterocycles. The van der Waals surface area contributed by atoms with Crippen LogP contribution in [0.15, 0.2) is 54.6 Å². The highest BCUT2D eigenvalue weighted by molar-refractivity contribution is 5.34. The number of nitro groups is 1. The molecule has 110 valence electrons. The molecule has 2 aromatic carbocycles. The molecule has 0 aromatic heterocycles. The van der Waals surface area contributed by atoms with Crippen molar-refractivity contribution in [1.82, 2.24) is 4.90 Å². The molecule has 0 unspecified atom stereocenters. The maximum Gasteiger partial charge on any atom is 0.269 e. The lowest BCUT2D eigenvalue weighted by Crippen LogP contribution is -2.23. The molecule has 2 rings (SSSR count). The summed E-state index contributed by atoms with van der Waals surface area (Å²) in [6.45, 7) is 4.70. The van der Waals surface area contributed by atoms with Gasteiger partial charge in [0.2, 0.25) is 0 Å². The number of non-ortho nitro benzene ring substituents is 1. The van der Waals surface area contributed by atoms with Crippen molar-refractivity contribution in [3.8, 4) is 0 Å². The van der Waals surface area contributed by atoms with E-state index in [0.717, 1.165) is 31.6 Å². The number of hydrogen-bond acceptors (Lipinski definition) is 3. The molecule has 0 amide bonds. The monoisotopic (exact) mass is 284 g/mol. The average molecular weight is 284 g/mol. The molecule has 0 N–H and O–H groups in total. The van der Waals surface area contributed by atoms with Gasteiger partial charge >= 0.3 is 0 Å². The van der Waals surface area contributed by atoms with Crippen molar-refractivity contribution in [2.24, 2.45) is 0 Å². The maximum absolute atomic E-state index is 10.8. The summed E-state index contributed by atoms with van der Waals surface area (Å²) in [6, 6.07) is 17.2. The second kappa shape index (κ2) is 7.55. The van der Waals surface area contributed by atoms with Crippen molar-refractivity contribution >= 4 is 5.69 Å². The van der Waals surface area contributed by atoms with Gasteiger partial charge in [0.05, 0.1) is 4.92 Å². The van der Waals surface area contributed by atoms with Crippen LogP contribution in [0.5, 0.6) is 0 Å². The van der Waals surface area contributed by atoms with Gasteiger partial charge < -0.3 is 0 Å². The Kier molecular flexibility index (Phi) is 5.46. The van der Waals surface area contributed by atoms with Crippen LogP contribution >= 0.6 is 0 Å². The van der Waals surface area contributed by atoms with E-state index in [0.29, 0.717) is 0 Å². The molecule has 0 spiro atoms. The van der Waals surface area contributed by atoms with Crippen molar-refractivity contribution in [3.05, 3.63) is 75.8 Å². The van der Waals surface area contributed by atoms with Crippen molar-refractivity contribution in [1.29, 1.82) is 0 Å². The van der Waals surface area contributed by atoms with Gasteiger partial charge in [-0.3, -0.25) is 15.0 Å². The Bertz CT molecular complexity index is 584. The molecule has 4 nitrogen and oxygen atoms in total. The molecule has 0 aliphatic carbocycles. The summed E-state index contributed by atoms with van der Waals surface area (Å²) >= 11 is 0. The van der Waals surface area contributed by atoms with Gasteiger partial charge in [0.1, 0.15) is 0 Å². The highest BCUT2D eigenvalue weighted by Gasteiger charge is 2.10. The molecular weight excluding hydrogens is 264 g/mol. The van der Waals surface area contributed by atoms with Crippen LogP contribution in [0, 0.1) is 10.1 Å². The number of nitro benzene ring substituents is 1. The van der Waals surface area contributed by atoms with Crippen molar-refractivity contribution in [2.75, 3.05) is 6.54 Å². The molecule has 0 heterocycles. The summed E-state index contributed by atoms with van der Waals surface area (Å²) in [7, 11) is 0. The summed E-state index contributed by atoms with van der Waals surface area (Å²) in [5.74, 6) is 0. The fourth-order valence-electron chi connectivity index (χ4n) is 2.40. The third-order valence-electron chi connectivity index (χ3n) is 3.32. The standard InChI is InChI=1S/C17H20N2O2/c1-2-11-18(13-15-7-4-3-5-8-15)14-16-9-6-10-17(12-16)19(20)21/h3-10,12H,2,11,13-14H2,1H3. The fraction of sp³-hybridized carbons (Fsp3) is 0.294. The summed E-state index contributed by atoms with van der Waals surface area (Å²) in [4.78, 5) is 12.8. The van der Waals surface area contributed by atoms with E-state index in [1.54, 1.807) is 12.1 Å². The lowest BCUT2D eigenvalue weighted by atomic mass is 10.1. The Labute approximate surface area is 125 Å². The van der Waals surface area contributed by atoms with Gasteiger partial charge in [-0.25, -0.2) is 0 Å². The lowest BCUT2D eigenvalue weighted by molar-refractivity contribution is -0.384. The Morgan fingerprint density at radius 2 is 1.67 bits per heavy atom. The predicted octanol–water partition coefficient (Wildman–Crippen LogP) is 4.01. The summed E-state index contributed by atoms with van der Waals surface area (Å²) in [5.41, 5.74) is 2.40. The van der Waals surface area contributed by atoms with Crippen molar-refractivity contribution in [3.63, 3.8) is 0 Å². The van der Waals surface area contributed by atoms with Gasteiger partial charge in [0.25, 0.3) is 5.69 Å². The van der Waals surface area contributed by atoms with E-state index in [9.17, 15) is 10.1 Å².